The molecule has 1 aromatic heterocycles. The lowest BCUT2D eigenvalue weighted by molar-refractivity contribution is -0.132. The maximum atomic E-state index is 12.1. The van der Waals surface area contributed by atoms with Crippen molar-refractivity contribution < 1.29 is 9.53 Å². The molecule has 0 bridgehead atoms. The predicted octanol–water partition coefficient (Wildman–Crippen LogP) is 1.44. The third-order valence-electron chi connectivity index (χ3n) is 3.35. The van der Waals surface area contributed by atoms with Crippen molar-refractivity contribution in [2.24, 2.45) is 5.73 Å². The first-order valence-corrected chi connectivity index (χ1v) is 7.42. The van der Waals surface area contributed by atoms with Gasteiger partial charge in [0.05, 0.1) is 22.8 Å². The van der Waals surface area contributed by atoms with Crippen LogP contribution in [0.15, 0.2) is 0 Å². The van der Waals surface area contributed by atoms with Crippen molar-refractivity contribution in [2.75, 3.05) is 6.54 Å². The number of nitrogens with two attached hydrogens (primary N) is 1. The second kappa shape index (κ2) is 5.98. The lowest BCUT2D eigenvalue weighted by Gasteiger charge is -2.17. The summed E-state index contributed by atoms with van der Waals surface area (Å²) in [4.78, 5) is 17.6. The van der Waals surface area contributed by atoms with Gasteiger partial charge in [-0.15, -0.1) is 11.3 Å². The van der Waals surface area contributed by atoms with Crippen molar-refractivity contribution in [3.8, 4) is 0 Å². The van der Waals surface area contributed by atoms with E-state index in [2.05, 4.69) is 10.3 Å². The van der Waals surface area contributed by atoms with E-state index < -0.39 is 0 Å². The van der Waals surface area contributed by atoms with Gasteiger partial charge in [0.1, 0.15) is 6.10 Å². The number of ether oxygens (including phenoxy) is 1. The van der Waals surface area contributed by atoms with E-state index in [0.29, 0.717) is 6.54 Å². The van der Waals surface area contributed by atoms with Gasteiger partial charge in [0, 0.05) is 11.4 Å². The quantitative estimate of drug-likeness (QED) is 0.876. The molecule has 106 valence electrons. The van der Waals surface area contributed by atoms with E-state index in [-0.39, 0.29) is 24.2 Å². The van der Waals surface area contributed by atoms with Crippen LogP contribution in [0.5, 0.6) is 0 Å². The van der Waals surface area contributed by atoms with E-state index in [1.54, 1.807) is 11.3 Å². The summed E-state index contributed by atoms with van der Waals surface area (Å²) in [5, 5.41) is 4.02. The molecule has 0 radical (unpaired) electrons. The zero-order chi connectivity index (χ0) is 14.0. The van der Waals surface area contributed by atoms with Crippen molar-refractivity contribution in [3.05, 3.63) is 15.6 Å². The molecule has 3 N–H and O–H groups in total. The number of carbonyl (C=O) groups excluding carboxylic acids is 1. The highest BCUT2D eigenvalue weighted by molar-refractivity contribution is 7.11. The molecule has 1 saturated heterocycles. The molecule has 2 rings (SSSR count). The molecule has 19 heavy (non-hydrogen) atoms. The fraction of sp³-hybridized carbons (Fsp3) is 0.692. The zero-order valence-corrected chi connectivity index (χ0v) is 12.4. The lowest BCUT2D eigenvalue weighted by Crippen LogP contribution is -2.36. The van der Waals surface area contributed by atoms with Crippen molar-refractivity contribution >= 4 is 17.2 Å². The second-order valence-corrected chi connectivity index (χ2v) is 6.21. The van der Waals surface area contributed by atoms with Gasteiger partial charge in [-0.3, -0.25) is 4.79 Å². The summed E-state index contributed by atoms with van der Waals surface area (Å²) in [6.07, 6.45) is 1.28. The number of hydrogen-bond acceptors (Lipinski definition) is 5. The standard InChI is InChI=1S/C13H21N3O2S/c1-7-12(19-9(3)15-7)8(2)16-13(17)11-5-4-10(6-14)18-11/h8,10-11H,4-6,14H2,1-3H3,(H,16,17). The zero-order valence-electron chi connectivity index (χ0n) is 11.6. The number of nitrogens with one attached hydrogen (secondary N) is 1. The van der Waals surface area contributed by atoms with Crippen LogP contribution < -0.4 is 11.1 Å². The van der Waals surface area contributed by atoms with Crippen LogP contribution in [0.2, 0.25) is 0 Å². The van der Waals surface area contributed by atoms with Gasteiger partial charge in [-0.05, 0) is 33.6 Å². The topological polar surface area (TPSA) is 77.2 Å². The third-order valence-corrected chi connectivity index (χ3v) is 4.61. The molecule has 6 heteroatoms. The molecule has 1 aromatic rings. The first kappa shape index (κ1) is 14.4. The van der Waals surface area contributed by atoms with Crippen LogP contribution in [-0.4, -0.2) is 29.6 Å². The van der Waals surface area contributed by atoms with Crippen LogP contribution in [0.25, 0.3) is 0 Å². The lowest BCUT2D eigenvalue weighted by atomic mass is 10.1. The Morgan fingerprint density at radius 1 is 1.58 bits per heavy atom. The largest absolute Gasteiger partial charge is 0.364 e. The molecule has 1 aliphatic rings. The number of aryl methyl sites for hydroxylation is 2. The normalized spacial score (nSPS) is 24.4. The smallest absolute Gasteiger partial charge is 0.249 e. The Labute approximate surface area is 117 Å². The SMILES string of the molecule is Cc1nc(C)c(C(C)NC(=O)C2CCC(CN)O2)s1. The van der Waals surface area contributed by atoms with Crippen molar-refractivity contribution in [1.82, 2.24) is 10.3 Å². The van der Waals surface area contributed by atoms with Crippen molar-refractivity contribution in [3.63, 3.8) is 0 Å². The molecule has 0 aliphatic carbocycles. The van der Waals surface area contributed by atoms with Crippen LogP contribution in [0, 0.1) is 13.8 Å². The van der Waals surface area contributed by atoms with Gasteiger partial charge in [0.25, 0.3) is 0 Å². The highest BCUT2D eigenvalue weighted by Gasteiger charge is 2.30. The van der Waals surface area contributed by atoms with E-state index in [0.717, 1.165) is 28.4 Å². The molecular weight excluding hydrogens is 262 g/mol. The van der Waals surface area contributed by atoms with Gasteiger partial charge in [0.2, 0.25) is 5.91 Å². The molecule has 2 heterocycles. The van der Waals surface area contributed by atoms with E-state index >= 15 is 0 Å². The average molecular weight is 283 g/mol. The summed E-state index contributed by atoms with van der Waals surface area (Å²) < 4.78 is 5.60. The Morgan fingerprint density at radius 3 is 2.84 bits per heavy atom. The van der Waals surface area contributed by atoms with E-state index in [9.17, 15) is 4.79 Å². The molecule has 1 fully saturated rings. The predicted molar refractivity (Wildman–Crippen MR) is 75.1 cm³/mol. The van der Waals surface area contributed by atoms with Gasteiger partial charge in [0.15, 0.2) is 0 Å². The van der Waals surface area contributed by atoms with E-state index in [1.807, 2.05) is 20.8 Å². The molecule has 0 aromatic carbocycles. The Kier molecular flexibility index (Phi) is 4.54. The second-order valence-electron chi connectivity index (χ2n) is 4.97. The molecule has 0 spiro atoms. The first-order chi connectivity index (χ1) is 9.01. The van der Waals surface area contributed by atoms with Crippen molar-refractivity contribution in [1.29, 1.82) is 0 Å². The van der Waals surface area contributed by atoms with Crippen LogP contribution >= 0.6 is 11.3 Å². The van der Waals surface area contributed by atoms with Crippen molar-refractivity contribution in [2.45, 2.75) is 51.9 Å². The highest BCUT2D eigenvalue weighted by Crippen LogP contribution is 2.25. The number of aromatic nitrogens is 1. The van der Waals surface area contributed by atoms with Crippen LogP contribution in [0.1, 0.15) is 41.4 Å². The molecule has 1 amide bonds. The summed E-state index contributed by atoms with van der Waals surface area (Å²) in [6.45, 7) is 6.40. The Morgan fingerprint density at radius 2 is 2.32 bits per heavy atom. The number of hydrogen-bond donors (Lipinski definition) is 2. The Balaban J connectivity index is 1.94. The van der Waals surface area contributed by atoms with E-state index in [1.165, 1.54) is 0 Å². The number of nitrogens with zero attached hydrogens (tertiary/aromatic N) is 1. The summed E-state index contributed by atoms with van der Waals surface area (Å²) in [6, 6.07) is -0.0285. The van der Waals surface area contributed by atoms with Crippen LogP contribution in [-0.2, 0) is 9.53 Å². The summed E-state index contributed by atoms with van der Waals surface area (Å²) >= 11 is 1.63. The number of thiazole rings is 1. The molecule has 3 atom stereocenters. The average Bonchev–Trinajstić information content (AvgIpc) is 2.95. The summed E-state index contributed by atoms with van der Waals surface area (Å²) in [5.41, 5.74) is 6.54. The summed E-state index contributed by atoms with van der Waals surface area (Å²) in [5.74, 6) is -0.0473. The Bertz CT molecular complexity index is 461. The highest BCUT2D eigenvalue weighted by atomic mass is 32.1. The third kappa shape index (κ3) is 3.32. The van der Waals surface area contributed by atoms with Gasteiger partial charge >= 0.3 is 0 Å². The van der Waals surface area contributed by atoms with Crippen LogP contribution in [0.4, 0.5) is 0 Å². The monoisotopic (exact) mass is 283 g/mol. The molecule has 0 saturated carbocycles. The molecule has 1 aliphatic heterocycles. The van der Waals surface area contributed by atoms with Gasteiger partial charge in [-0.1, -0.05) is 0 Å². The maximum absolute atomic E-state index is 12.1. The van der Waals surface area contributed by atoms with E-state index in [4.69, 9.17) is 10.5 Å². The minimum Gasteiger partial charge on any atom is -0.364 e. The van der Waals surface area contributed by atoms with Gasteiger partial charge in [-0.2, -0.15) is 0 Å². The number of rotatable bonds is 4. The number of amides is 1. The van der Waals surface area contributed by atoms with Gasteiger partial charge < -0.3 is 15.8 Å². The number of carbonyl (C=O) groups is 1. The van der Waals surface area contributed by atoms with Gasteiger partial charge in [-0.25, -0.2) is 4.98 Å². The van der Waals surface area contributed by atoms with Crippen LogP contribution in [0.3, 0.4) is 0 Å². The maximum Gasteiger partial charge on any atom is 0.249 e. The molecule has 5 nitrogen and oxygen atoms in total. The minimum absolute atomic E-state index is 0.0263. The fourth-order valence-electron chi connectivity index (χ4n) is 2.39. The Hall–Kier alpha value is -0.980. The minimum atomic E-state index is -0.356. The fourth-order valence-corrected chi connectivity index (χ4v) is 3.32. The first-order valence-electron chi connectivity index (χ1n) is 6.61. The molecular formula is C13H21N3O2S. The molecule has 3 unspecified atom stereocenters. The summed E-state index contributed by atoms with van der Waals surface area (Å²) in [7, 11) is 0.